The molecule has 126 valence electrons. The third-order valence-corrected chi connectivity index (χ3v) is 4.84. The number of amides is 1. The van der Waals surface area contributed by atoms with E-state index in [0.717, 1.165) is 11.0 Å². The van der Waals surface area contributed by atoms with Crippen LogP contribution in [0.2, 0.25) is 0 Å². The Balaban J connectivity index is 1.38. The molecule has 0 spiro atoms. The number of nitrogens with zero attached hydrogens (tertiary/aromatic N) is 4. The normalized spacial score (nSPS) is 11.2. The molecule has 1 aromatic carbocycles. The largest absolute Gasteiger partial charge is 0.353 e. The fraction of sp³-hybridized carbons (Fsp3) is 0.176. The number of aromatic nitrogens is 4. The molecular weight excluding hydrogens is 338 g/mol. The zero-order chi connectivity index (χ0) is 17.2. The van der Waals surface area contributed by atoms with Gasteiger partial charge in [0.05, 0.1) is 29.2 Å². The number of fused-ring (bicyclic) bond motifs is 2. The lowest BCUT2D eigenvalue weighted by atomic mass is 10.3. The highest BCUT2D eigenvalue weighted by atomic mass is 32.1. The second kappa shape index (κ2) is 6.48. The number of carbonyl (C=O) groups excluding carboxylic acids is 1. The summed E-state index contributed by atoms with van der Waals surface area (Å²) in [6, 6.07) is 9.48. The minimum Gasteiger partial charge on any atom is -0.353 e. The predicted octanol–water partition coefficient (Wildman–Crippen LogP) is 1.62. The maximum Gasteiger partial charge on any atom is 0.271 e. The van der Waals surface area contributed by atoms with Crippen LogP contribution in [0.4, 0.5) is 0 Å². The van der Waals surface area contributed by atoms with E-state index in [1.165, 1.54) is 22.2 Å². The lowest BCUT2D eigenvalue weighted by Gasteiger charge is -2.08. The molecule has 3 heterocycles. The molecule has 0 aliphatic rings. The van der Waals surface area contributed by atoms with E-state index in [0.29, 0.717) is 23.3 Å². The van der Waals surface area contributed by atoms with E-state index < -0.39 is 0 Å². The second-order valence-electron chi connectivity index (χ2n) is 5.59. The molecule has 4 rings (SSSR count). The summed E-state index contributed by atoms with van der Waals surface area (Å²) in [6.45, 7) is 0.942. The molecule has 0 unspecified atom stereocenters. The molecule has 0 atom stereocenters. The molecule has 0 saturated heterocycles. The fourth-order valence-corrected chi connectivity index (χ4v) is 3.49. The van der Waals surface area contributed by atoms with Gasteiger partial charge in [-0.3, -0.25) is 14.2 Å². The van der Waals surface area contributed by atoms with Gasteiger partial charge in [0, 0.05) is 13.1 Å². The number of benzene rings is 1. The Labute approximate surface area is 146 Å². The predicted molar refractivity (Wildman–Crippen MR) is 96.6 cm³/mol. The van der Waals surface area contributed by atoms with E-state index in [4.69, 9.17) is 0 Å². The van der Waals surface area contributed by atoms with Crippen LogP contribution < -0.4 is 10.9 Å². The van der Waals surface area contributed by atoms with Gasteiger partial charge in [-0.1, -0.05) is 12.1 Å². The third kappa shape index (κ3) is 3.03. The SMILES string of the molecule is O=C(Cn1cnc2ccccc21)NCCn1cnc2ccsc2c1=O. The van der Waals surface area contributed by atoms with E-state index in [1.807, 2.05) is 35.7 Å². The first-order valence-corrected chi connectivity index (χ1v) is 8.69. The Morgan fingerprint density at radius 1 is 1.08 bits per heavy atom. The van der Waals surface area contributed by atoms with Gasteiger partial charge in [0.15, 0.2) is 0 Å². The van der Waals surface area contributed by atoms with Crippen molar-refractivity contribution in [2.45, 2.75) is 13.1 Å². The van der Waals surface area contributed by atoms with Gasteiger partial charge in [-0.25, -0.2) is 9.97 Å². The summed E-state index contributed by atoms with van der Waals surface area (Å²) in [6.07, 6.45) is 3.18. The van der Waals surface area contributed by atoms with E-state index >= 15 is 0 Å². The average molecular weight is 353 g/mol. The number of rotatable bonds is 5. The number of thiophene rings is 1. The molecule has 7 nitrogen and oxygen atoms in total. The van der Waals surface area contributed by atoms with E-state index in [2.05, 4.69) is 15.3 Å². The van der Waals surface area contributed by atoms with Gasteiger partial charge in [-0.05, 0) is 23.6 Å². The number of hydrogen-bond donors (Lipinski definition) is 1. The van der Waals surface area contributed by atoms with Crippen molar-refractivity contribution in [3.8, 4) is 0 Å². The zero-order valence-corrected chi connectivity index (χ0v) is 14.1. The van der Waals surface area contributed by atoms with Crippen LogP contribution in [-0.2, 0) is 17.9 Å². The maximum absolute atomic E-state index is 12.3. The summed E-state index contributed by atoms with van der Waals surface area (Å²) in [5.41, 5.74) is 2.41. The lowest BCUT2D eigenvalue weighted by Crippen LogP contribution is -2.32. The monoisotopic (exact) mass is 353 g/mol. The van der Waals surface area contributed by atoms with Crippen LogP contribution in [0.3, 0.4) is 0 Å². The van der Waals surface area contributed by atoms with Crippen LogP contribution in [0.1, 0.15) is 0 Å². The summed E-state index contributed by atoms with van der Waals surface area (Å²) in [5, 5.41) is 4.68. The van der Waals surface area contributed by atoms with Crippen molar-refractivity contribution in [2.24, 2.45) is 0 Å². The topological polar surface area (TPSA) is 81.8 Å². The molecule has 1 N–H and O–H groups in total. The number of imidazole rings is 1. The molecule has 0 saturated carbocycles. The standard InChI is InChI=1S/C17H15N5O2S/c23-15(9-22-11-19-12-3-1-2-4-14(12)22)18-6-7-21-10-20-13-5-8-25-16(13)17(21)24/h1-5,8,10-11H,6-7,9H2,(H,18,23). The van der Waals surface area contributed by atoms with Crippen molar-refractivity contribution >= 4 is 38.5 Å². The number of nitrogens with one attached hydrogen (secondary N) is 1. The Morgan fingerprint density at radius 3 is 2.80 bits per heavy atom. The molecule has 0 aliphatic heterocycles. The van der Waals surface area contributed by atoms with Gasteiger partial charge in [0.1, 0.15) is 11.2 Å². The van der Waals surface area contributed by atoms with Gasteiger partial charge in [0.2, 0.25) is 5.91 Å². The first-order chi connectivity index (χ1) is 12.2. The van der Waals surface area contributed by atoms with Gasteiger partial charge in [0.25, 0.3) is 5.56 Å². The number of carbonyl (C=O) groups is 1. The summed E-state index contributed by atoms with van der Waals surface area (Å²) < 4.78 is 3.96. The smallest absolute Gasteiger partial charge is 0.271 e. The molecule has 0 fully saturated rings. The molecule has 0 radical (unpaired) electrons. The lowest BCUT2D eigenvalue weighted by molar-refractivity contribution is -0.121. The first-order valence-electron chi connectivity index (χ1n) is 7.81. The Hall–Kier alpha value is -3.00. The maximum atomic E-state index is 12.3. The molecule has 1 amide bonds. The van der Waals surface area contributed by atoms with Crippen molar-refractivity contribution < 1.29 is 4.79 Å². The zero-order valence-electron chi connectivity index (χ0n) is 13.3. The summed E-state index contributed by atoms with van der Waals surface area (Å²) >= 11 is 1.38. The quantitative estimate of drug-likeness (QED) is 0.591. The molecular formula is C17H15N5O2S. The Morgan fingerprint density at radius 2 is 1.88 bits per heavy atom. The number of para-hydroxylation sites is 2. The van der Waals surface area contributed by atoms with Gasteiger partial charge in [-0.2, -0.15) is 0 Å². The highest BCUT2D eigenvalue weighted by molar-refractivity contribution is 7.17. The minimum absolute atomic E-state index is 0.0742. The van der Waals surface area contributed by atoms with Crippen molar-refractivity contribution in [2.75, 3.05) is 6.54 Å². The molecule has 0 bridgehead atoms. The van der Waals surface area contributed by atoms with Crippen molar-refractivity contribution in [1.29, 1.82) is 0 Å². The molecule has 3 aromatic heterocycles. The van der Waals surface area contributed by atoms with E-state index in [1.54, 1.807) is 10.9 Å². The number of hydrogen-bond acceptors (Lipinski definition) is 5. The summed E-state index contributed by atoms with van der Waals surface area (Å²) in [5.74, 6) is -0.124. The molecule has 4 aromatic rings. The summed E-state index contributed by atoms with van der Waals surface area (Å²) in [7, 11) is 0. The van der Waals surface area contributed by atoms with Crippen LogP contribution in [-0.4, -0.2) is 31.6 Å². The van der Waals surface area contributed by atoms with Crippen LogP contribution in [0.25, 0.3) is 21.3 Å². The van der Waals surface area contributed by atoms with Crippen LogP contribution >= 0.6 is 11.3 Å². The van der Waals surface area contributed by atoms with Crippen LogP contribution in [0, 0.1) is 0 Å². The van der Waals surface area contributed by atoms with Gasteiger partial charge < -0.3 is 9.88 Å². The molecule has 0 aliphatic carbocycles. The molecule has 25 heavy (non-hydrogen) atoms. The van der Waals surface area contributed by atoms with Gasteiger partial charge >= 0.3 is 0 Å². The van der Waals surface area contributed by atoms with Crippen LogP contribution in [0.15, 0.2) is 53.2 Å². The highest BCUT2D eigenvalue weighted by Gasteiger charge is 2.08. The summed E-state index contributed by atoms with van der Waals surface area (Å²) in [4.78, 5) is 32.9. The minimum atomic E-state index is -0.124. The van der Waals surface area contributed by atoms with Crippen molar-refractivity contribution in [3.05, 3.63) is 58.7 Å². The van der Waals surface area contributed by atoms with E-state index in [9.17, 15) is 9.59 Å². The Kier molecular flexibility index (Phi) is 4.02. The molecule has 8 heteroatoms. The average Bonchev–Trinajstić information content (AvgIpc) is 3.25. The third-order valence-electron chi connectivity index (χ3n) is 3.95. The first kappa shape index (κ1) is 15.5. The van der Waals surface area contributed by atoms with Crippen molar-refractivity contribution in [3.63, 3.8) is 0 Å². The highest BCUT2D eigenvalue weighted by Crippen LogP contribution is 2.13. The van der Waals surface area contributed by atoms with Crippen molar-refractivity contribution in [1.82, 2.24) is 24.4 Å². The van der Waals surface area contributed by atoms with Crippen LogP contribution in [0.5, 0.6) is 0 Å². The van der Waals surface area contributed by atoms with E-state index in [-0.39, 0.29) is 18.0 Å². The Bertz CT molecular complexity index is 1110. The van der Waals surface area contributed by atoms with Gasteiger partial charge in [-0.15, -0.1) is 11.3 Å². The second-order valence-corrected chi connectivity index (χ2v) is 6.51. The fourth-order valence-electron chi connectivity index (χ4n) is 2.70.